The lowest BCUT2D eigenvalue weighted by Gasteiger charge is -2.01. The van der Waals surface area contributed by atoms with Crippen molar-refractivity contribution in [2.45, 2.75) is 4.90 Å². The van der Waals surface area contributed by atoms with Crippen molar-refractivity contribution in [1.29, 1.82) is 5.26 Å². The van der Waals surface area contributed by atoms with Crippen molar-refractivity contribution in [3.63, 3.8) is 0 Å². The second kappa shape index (κ2) is 4.07. The van der Waals surface area contributed by atoms with E-state index in [1.165, 1.54) is 12.1 Å². The molecule has 1 aromatic carbocycles. The fourth-order valence-corrected chi connectivity index (χ4v) is 2.20. The summed E-state index contributed by atoms with van der Waals surface area (Å²) in [5, 5.41) is 8.89. The molecule has 17 heavy (non-hydrogen) atoms. The van der Waals surface area contributed by atoms with Crippen LogP contribution in [0.1, 0.15) is 5.56 Å². The fourth-order valence-electron chi connectivity index (χ4n) is 1.57. The number of benzene rings is 1. The van der Waals surface area contributed by atoms with E-state index in [-0.39, 0.29) is 4.90 Å². The average Bonchev–Trinajstić information content (AvgIpc) is 2.76. The van der Waals surface area contributed by atoms with Gasteiger partial charge in [0.1, 0.15) is 6.07 Å². The first-order chi connectivity index (χ1) is 8.02. The first-order valence-electron chi connectivity index (χ1n) is 4.90. The standard InChI is InChI=1S/C12H10N2O2S/c1-17(15,16)11-4-2-9(3-5-11)12-10(8-13)6-7-14-12/h2-7,14H,1H3. The zero-order valence-corrected chi connectivity index (χ0v) is 9.95. The highest BCUT2D eigenvalue weighted by Crippen LogP contribution is 2.22. The predicted octanol–water partition coefficient (Wildman–Crippen LogP) is 1.96. The molecule has 0 fully saturated rings. The molecule has 1 heterocycles. The molecule has 0 spiro atoms. The Morgan fingerprint density at radius 1 is 1.18 bits per heavy atom. The highest BCUT2D eigenvalue weighted by molar-refractivity contribution is 7.90. The Morgan fingerprint density at radius 3 is 2.35 bits per heavy atom. The van der Waals surface area contributed by atoms with Crippen LogP contribution in [0.15, 0.2) is 41.4 Å². The van der Waals surface area contributed by atoms with Gasteiger partial charge in [-0.05, 0) is 23.8 Å². The van der Waals surface area contributed by atoms with E-state index in [0.717, 1.165) is 11.8 Å². The number of hydrogen-bond donors (Lipinski definition) is 1. The van der Waals surface area contributed by atoms with Gasteiger partial charge in [-0.25, -0.2) is 8.42 Å². The Kier molecular flexibility index (Phi) is 2.74. The SMILES string of the molecule is CS(=O)(=O)c1ccc(-c2[nH]ccc2C#N)cc1. The fraction of sp³-hybridized carbons (Fsp3) is 0.0833. The third kappa shape index (κ3) is 2.22. The van der Waals surface area contributed by atoms with E-state index in [9.17, 15) is 8.42 Å². The third-order valence-corrected chi connectivity index (χ3v) is 3.57. The number of hydrogen-bond acceptors (Lipinski definition) is 3. The predicted molar refractivity (Wildman–Crippen MR) is 64.1 cm³/mol. The molecule has 5 heteroatoms. The molecule has 0 atom stereocenters. The molecule has 0 saturated heterocycles. The molecule has 0 bridgehead atoms. The Bertz CT molecular complexity index is 676. The number of aromatic nitrogens is 1. The molecular formula is C12H10N2O2S. The molecule has 0 radical (unpaired) electrons. The van der Waals surface area contributed by atoms with Gasteiger partial charge in [-0.1, -0.05) is 12.1 Å². The number of nitriles is 1. The molecule has 1 N–H and O–H groups in total. The minimum absolute atomic E-state index is 0.270. The van der Waals surface area contributed by atoms with E-state index in [1.54, 1.807) is 24.4 Å². The molecule has 0 unspecified atom stereocenters. The monoisotopic (exact) mass is 246 g/mol. The number of sulfone groups is 1. The number of rotatable bonds is 2. The lowest BCUT2D eigenvalue weighted by Crippen LogP contribution is -1.96. The van der Waals surface area contributed by atoms with Crippen molar-refractivity contribution in [2.75, 3.05) is 6.26 Å². The average molecular weight is 246 g/mol. The van der Waals surface area contributed by atoms with E-state index in [2.05, 4.69) is 11.1 Å². The van der Waals surface area contributed by atoms with Gasteiger partial charge in [0.2, 0.25) is 0 Å². The van der Waals surface area contributed by atoms with Crippen molar-refractivity contribution < 1.29 is 8.42 Å². The van der Waals surface area contributed by atoms with Gasteiger partial charge in [0.25, 0.3) is 0 Å². The van der Waals surface area contributed by atoms with Crippen LogP contribution in [-0.4, -0.2) is 19.7 Å². The van der Waals surface area contributed by atoms with Gasteiger partial charge in [-0.15, -0.1) is 0 Å². The van der Waals surface area contributed by atoms with Crippen molar-refractivity contribution in [1.82, 2.24) is 4.98 Å². The lowest BCUT2D eigenvalue weighted by molar-refractivity contribution is 0.602. The summed E-state index contributed by atoms with van der Waals surface area (Å²) in [6.45, 7) is 0. The molecule has 0 aliphatic heterocycles. The van der Waals surface area contributed by atoms with E-state index in [1.807, 2.05) is 0 Å². The summed E-state index contributed by atoms with van der Waals surface area (Å²) in [5.74, 6) is 0. The van der Waals surface area contributed by atoms with Crippen LogP contribution in [0.5, 0.6) is 0 Å². The summed E-state index contributed by atoms with van der Waals surface area (Å²) < 4.78 is 22.6. The second-order valence-corrected chi connectivity index (χ2v) is 5.69. The minimum atomic E-state index is -3.18. The molecule has 0 amide bonds. The second-order valence-electron chi connectivity index (χ2n) is 3.67. The molecule has 2 aromatic rings. The van der Waals surface area contributed by atoms with Crippen molar-refractivity contribution >= 4 is 9.84 Å². The Labute approximate surface area is 99.4 Å². The third-order valence-electron chi connectivity index (χ3n) is 2.44. The van der Waals surface area contributed by atoms with E-state index in [0.29, 0.717) is 11.3 Å². The molecule has 0 saturated carbocycles. The van der Waals surface area contributed by atoms with Gasteiger partial charge in [0.15, 0.2) is 9.84 Å². The summed E-state index contributed by atoms with van der Waals surface area (Å²) >= 11 is 0. The van der Waals surface area contributed by atoms with Crippen molar-refractivity contribution in [3.05, 3.63) is 42.1 Å². The van der Waals surface area contributed by atoms with Crippen LogP contribution in [0, 0.1) is 11.3 Å². The number of nitrogens with one attached hydrogen (secondary N) is 1. The van der Waals surface area contributed by atoms with Crippen LogP contribution in [-0.2, 0) is 9.84 Å². The summed E-state index contributed by atoms with van der Waals surface area (Å²) in [7, 11) is -3.18. The summed E-state index contributed by atoms with van der Waals surface area (Å²) in [4.78, 5) is 3.23. The summed E-state index contributed by atoms with van der Waals surface area (Å²) in [5.41, 5.74) is 2.03. The van der Waals surface area contributed by atoms with Crippen LogP contribution in [0.3, 0.4) is 0 Å². The maximum atomic E-state index is 11.3. The Balaban J connectivity index is 2.47. The number of nitrogens with zero attached hydrogens (tertiary/aromatic N) is 1. The van der Waals surface area contributed by atoms with Crippen LogP contribution < -0.4 is 0 Å². The first-order valence-corrected chi connectivity index (χ1v) is 6.79. The van der Waals surface area contributed by atoms with Crippen LogP contribution in [0.2, 0.25) is 0 Å². The van der Waals surface area contributed by atoms with Gasteiger partial charge in [0, 0.05) is 12.5 Å². The highest BCUT2D eigenvalue weighted by Gasteiger charge is 2.09. The number of aromatic amines is 1. The lowest BCUT2D eigenvalue weighted by atomic mass is 10.1. The van der Waals surface area contributed by atoms with Gasteiger partial charge >= 0.3 is 0 Å². The quantitative estimate of drug-likeness (QED) is 0.880. The maximum absolute atomic E-state index is 11.3. The summed E-state index contributed by atoms with van der Waals surface area (Å²) in [6, 6.07) is 10.2. The molecule has 4 nitrogen and oxygen atoms in total. The minimum Gasteiger partial charge on any atom is -0.360 e. The smallest absolute Gasteiger partial charge is 0.175 e. The molecular weight excluding hydrogens is 236 g/mol. The van der Waals surface area contributed by atoms with Gasteiger partial charge in [-0.2, -0.15) is 5.26 Å². The molecule has 1 aromatic heterocycles. The van der Waals surface area contributed by atoms with Crippen LogP contribution >= 0.6 is 0 Å². The van der Waals surface area contributed by atoms with Gasteiger partial charge in [-0.3, -0.25) is 0 Å². The van der Waals surface area contributed by atoms with Crippen LogP contribution in [0.25, 0.3) is 11.3 Å². The Hall–Kier alpha value is -2.06. The molecule has 0 aliphatic rings. The van der Waals surface area contributed by atoms with E-state index in [4.69, 9.17) is 5.26 Å². The van der Waals surface area contributed by atoms with E-state index < -0.39 is 9.84 Å². The topological polar surface area (TPSA) is 73.7 Å². The first kappa shape index (κ1) is 11.4. The normalized spacial score (nSPS) is 11.1. The van der Waals surface area contributed by atoms with Crippen LogP contribution in [0.4, 0.5) is 0 Å². The maximum Gasteiger partial charge on any atom is 0.175 e. The largest absolute Gasteiger partial charge is 0.360 e. The zero-order chi connectivity index (χ0) is 12.5. The zero-order valence-electron chi connectivity index (χ0n) is 9.14. The molecule has 0 aliphatic carbocycles. The molecule has 2 rings (SSSR count). The Morgan fingerprint density at radius 2 is 1.82 bits per heavy atom. The van der Waals surface area contributed by atoms with Crippen molar-refractivity contribution in [2.24, 2.45) is 0 Å². The number of H-pyrrole nitrogens is 1. The van der Waals surface area contributed by atoms with Gasteiger partial charge < -0.3 is 4.98 Å². The van der Waals surface area contributed by atoms with Gasteiger partial charge in [0.05, 0.1) is 16.2 Å². The highest BCUT2D eigenvalue weighted by atomic mass is 32.2. The van der Waals surface area contributed by atoms with E-state index >= 15 is 0 Å². The molecule has 86 valence electrons. The summed E-state index contributed by atoms with van der Waals surface area (Å²) in [6.07, 6.45) is 2.84. The van der Waals surface area contributed by atoms with Crippen molar-refractivity contribution in [3.8, 4) is 17.3 Å².